The summed E-state index contributed by atoms with van der Waals surface area (Å²) in [6.07, 6.45) is 2.30. The van der Waals surface area contributed by atoms with E-state index in [1.165, 1.54) is 18.3 Å². The number of hydrogen-bond acceptors (Lipinski definition) is 3. The number of carbonyl (C=O) groups excluding carboxylic acids is 1. The fourth-order valence-electron chi connectivity index (χ4n) is 1.41. The van der Waals surface area contributed by atoms with Crippen LogP contribution >= 0.6 is 0 Å². The van der Waals surface area contributed by atoms with Gasteiger partial charge < -0.3 is 11.1 Å². The van der Waals surface area contributed by atoms with Crippen molar-refractivity contribution in [2.75, 3.05) is 11.1 Å². The van der Waals surface area contributed by atoms with Gasteiger partial charge in [0.05, 0.1) is 11.9 Å². The second-order valence-electron chi connectivity index (χ2n) is 3.58. The van der Waals surface area contributed by atoms with Gasteiger partial charge in [0, 0.05) is 17.4 Å². The number of pyridine rings is 1. The monoisotopic (exact) mass is 249 g/mol. The number of anilines is 2. The van der Waals surface area contributed by atoms with Crippen molar-refractivity contribution in [1.29, 1.82) is 0 Å². The molecule has 1 aromatic heterocycles. The number of benzene rings is 1. The van der Waals surface area contributed by atoms with Crippen LogP contribution < -0.4 is 11.1 Å². The average Bonchev–Trinajstić information content (AvgIpc) is 2.31. The molecule has 1 amide bonds. The number of aromatic nitrogens is 1. The first-order chi connectivity index (χ1) is 8.56. The van der Waals surface area contributed by atoms with Crippen LogP contribution in [0.15, 0.2) is 36.7 Å². The zero-order valence-corrected chi connectivity index (χ0v) is 9.15. The fraction of sp³-hybridized carbons (Fsp3) is 0. The van der Waals surface area contributed by atoms with Crippen LogP contribution in [0.2, 0.25) is 0 Å². The maximum Gasteiger partial charge on any atom is 0.255 e. The number of nitrogen functional groups attached to an aromatic ring is 1. The minimum atomic E-state index is -0.671. The van der Waals surface area contributed by atoms with Gasteiger partial charge in [-0.05, 0) is 24.3 Å². The Hall–Kier alpha value is -2.50. The summed E-state index contributed by atoms with van der Waals surface area (Å²) in [6.45, 7) is 0. The highest BCUT2D eigenvalue weighted by Gasteiger charge is 2.10. The van der Waals surface area contributed by atoms with Crippen LogP contribution in [-0.4, -0.2) is 10.9 Å². The second kappa shape index (κ2) is 4.79. The molecule has 1 heterocycles. The molecular formula is C12H9F2N3O. The molecule has 92 valence electrons. The highest BCUT2D eigenvalue weighted by Crippen LogP contribution is 2.15. The smallest absolute Gasteiger partial charge is 0.255 e. The minimum Gasteiger partial charge on any atom is -0.399 e. The van der Waals surface area contributed by atoms with Crippen molar-refractivity contribution in [2.45, 2.75) is 0 Å². The first-order valence-electron chi connectivity index (χ1n) is 5.03. The molecule has 1 aromatic carbocycles. The summed E-state index contributed by atoms with van der Waals surface area (Å²) in [5.74, 6) is -1.95. The number of hydrogen-bond donors (Lipinski definition) is 2. The van der Waals surface area contributed by atoms with Gasteiger partial charge in [0.25, 0.3) is 5.91 Å². The Balaban J connectivity index is 2.25. The van der Waals surface area contributed by atoms with Crippen LogP contribution in [0.25, 0.3) is 0 Å². The fourth-order valence-corrected chi connectivity index (χ4v) is 1.41. The van der Waals surface area contributed by atoms with E-state index in [9.17, 15) is 13.6 Å². The highest BCUT2D eigenvalue weighted by atomic mass is 19.1. The Morgan fingerprint density at radius 3 is 2.72 bits per heavy atom. The maximum absolute atomic E-state index is 13.2. The van der Waals surface area contributed by atoms with Crippen molar-refractivity contribution in [3.05, 3.63) is 53.9 Å². The van der Waals surface area contributed by atoms with E-state index in [2.05, 4.69) is 10.3 Å². The molecule has 2 rings (SSSR count). The average molecular weight is 249 g/mol. The summed E-state index contributed by atoms with van der Waals surface area (Å²) < 4.78 is 26.3. The molecule has 0 aliphatic carbocycles. The quantitative estimate of drug-likeness (QED) is 0.801. The van der Waals surface area contributed by atoms with Crippen molar-refractivity contribution in [3.8, 4) is 0 Å². The summed E-state index contributed by atoms with van der Waals surface area (Å²) in [4.78, 5) is 15.3. The number of carbonyl (C=O) groups is 1. The van der Waals surface area contributed by atoms with Crippen LogP contribution in [0.3, 0.4) is 0 Å². The van der Waals surface area contributed by atoms with Gasteiger partial charge in [-0.25, -0.2) is 8.78 Å². The van der Waals surface area contributed by atoms with Gasteiger partial charge in [0.15, 0.2) is 5.82 Å². The third kappa shape index (κ3) is 2.60. The molecule has 0 bridgehead atoms. The van der Waals surface area contributed by atoms with Crippen molar-refractivity contribution >= 4 is 17.3 Å². The van der Waals surface area contributed by atoms with Crippen LogP contribution in [0.1, 0.15) is 10.4 Å². The number of halogens is 2. The van der Waals surface area contributed by atoms with Gasteiger partial charge >= 0.3 is 0 Å². The molecule has 4 nitrogen and oxygen atoms in total. The van der Waals surface area contributed by atoms with Crippen LogP contribution in [0.4, 0.5) is 20.2 Å². The van der Waals surface area contributed by atoms with Gasteiger partial charge in [-0.3, -0.25) is 9.78 Å². The van der Waals surface area contributed by atoms with Gasteiger partial charge in [-0.1, -0.05) is 0 Å². The first kappa shape index (κ1) is 12.0. The normalized spacial score (nSPS) is 10.1. The number of nitrogens with one attached hydrogen (secondary N) is 1. The van der Waals surface area contributed by atoms with E-state index < -0.39 is 17.5 Å². The molecule has 0 spiro atoms. The highest BCUT2D eigenvalue weighted by molar-refractivity contribution is 6.04. The lowest BCUT2D eigenvalue weighted by Gasteiger charge is -2.06. The summed E-state index contributed by atoms with van der Waals surface area (Å²) in [5, 5.41) is 2.30. The lowest BCUT2D eigenvalue weighted by atomic mass is 10.2. The number of nitrogens with two attached hydrogens (primary N) is 1. The molecule has 2 aromatic rings. The Morgan fingerprint density at radius 1 is 1.28 bits per heavy atom. The van der Waals surface area contributed by atoms with Crippen molar-refractivity contribution < 1.29 is 13.6 Å². The molecule has 0 unspecified atom stereocenters. The van der Waals surface area contributed by atoms with E-state index in [-0.39, 0.29) is 16.9 Å². The summed E-state index contributed by atoms with van der Waals surface area (Å²) in [5.41, 5.74) is 5.52. The zero-order valence-electron chi connectivity index (χ0n) is 9.15. The van der Waals surface area contributed by atoms with Crippen molar-refractivity contribution in [1.82, 2.24) is 4.98 Å². The Morgan fingerprint density at radius 2 is 2.06 bits per heavy atom. The van der Waals surface area contributed by atoms with E-state index in [1.54, 1.807) is 0 Å². The molecular weight excluding hydrogens is 240 g/mol. The van der Waals surface area contributed by atoms with Crippen molar-refractivity contribution in [3.63, 3.8) is 0 Å². The predicted molar refractivity (Wildman–Crippen MR) is 63.0 cm³/mol. The SMILES string of the molecule is Nc1cc(F)cc(C(=O)Nc2ccncc2F)c1. The van der Waals surface area contributed by atoms with Gasteiger partial charge in [0.2, 0.25) is 0 Å². The van der Waals surface area contributed by atoms with E-state index in [0.717, 1.165) is 18.3 Å². The first-order valence-corrected chi connectivity index (χ1v) is 5.03. The van der Waals surface area contributed by atoms with Crippen LogP contribution in [0.5, 0.6) is 0 Å². The third-order valence-electron chi connectivity index (χ3n) is 2.20. The van der Waals surface area contributed by atoms with E-state index in [4.69, 9.17) is 5.73 Å². The molecule has 6 heteroatoms. The third-order valence-corrected chi connectivity index (χ3v) is 2.20. The number of amides is 1. The molecule has 0 aliphatic rings. The molecule has 0 saturated heterocycles. The second-order valence-corrected chi connectivity index (χ2v) is 3.58. The van der Waals surface area contributed by atoms with Gasteiger partial charge in [-0.2, -0.15) is 0 Å². The van der Waals surface area contributed by atoms with Crippen LogP contribution in [0, 0.1) is 11.6 Å². The zero-order chi connectivity index (χ0) is 13.1. The molecule has 0 atom stereocenters. The van der Waals surface area contributed by atoms with E-state index >= 15 is 0 Å². The number of nitrogens with zero attached hydrogens (tertiary/aromatic N) is 1. The van der Waals surface area contributed by atoms with Gasteiger partial charge in [-0.15, -0.1) is 0 Å². The summed E-state index contributed by atoms with van der Waals surface area (Å²) in [6, 6.07) is 4.71. The van der Waals surface area contributed by atoms with E-state index in [0.29, 0.717) is 0 Å². The van der Waals surface area contributed by atoms with E-state index in [1.807, 2.05) is 0 Å². The Kier molecular flexibility index (Phi) is 3.18. The lowest BCUT2D eigenvalue weighted by Crippen LogP contribution is -2.13. The summed E-state index contributed by atoms with van der Waals surface area (Å²) in [7, 11) is 0. The lowest BCUT2D eigenvalue weighted by molar-refractivity contribution is 0.102. The molecule has 0 fully saturated rings. The molecule has 0 saturated carbocycles. The Bertz CT molecular complexity index is 581. The molecule has 3 N–H and O–H groups in total. The largest absolute Gasteiger partial charge is 0.399 e. The minimum absolute atomic E-state index is 0.0173. The topological polar surface area (TPSA) is 68.0 Å². The molecule has 0 aliphatic heterocycles. The predicted octanol–water partition coefficient (Wildman–Crippen LogP) is 2.19. The summed E-state index contributed by atoms with van der Waals surface area (Å²) >= 11 is 0. The van der Waals surface area contributed by atoms with Crippen LogP contribution in [-0.2, 0) is 0 Å². The molecule has 18 heavy (non-hydrogen) atoms. The van der Waals surface area contributed by atoms with Crippen molar-refractivity contribution in [2.24, 2.45) is 0 Å². The standard InChI is InChI=1S/C12H9F2N3O/c13-8-3-7(4-9(15)5-8)12(18)17-11-1-2-16-6-10(11)14/h1-6H,15H2,(H,16,17,18). The van der Waals surface area contributed by atoms with Gasteiger partial charge in [0.1, 0.15) is 5.82 Å². The Labute approximate surface area is 101 Å². The maximum atomic E-state index is 13.2. The molecule has 0 radical (unpaired) electrons. The number of rotatable bonds is 2.